The summed E-state index contributed by atoms with van der Waals surface area (Å²) in [7, 11) is 0. The van der Waals surface area contributed by atoms with Crippen molar-refractivity contribution in [1.82, 2.24) is 10.6 Å². The van der Waals surface area contributed by atoms with E-state index >= 15 is 0 Å². The van der Waals surface area contributed by atoms with Gasteiger partial charge >= 0.3 is 0 Å². The number of nitrogens with zero attached hydrogens (tertiary/aromatic N) is 2. The summed E-state index contributed by atoms with van der Waals surface area (Å²) < 4.78 is 0. The standard InChI is InChI=1S/C20H27N5/c1-15-4-6-16(7-5-15)8-9-18-19(24-12-11-23-18)20(21)25-14-17-3-2-10-22-13-17/h4-9,17,22H,2-3,10-14H2,1H3,(H2,21,25)/b9-8+. The summed E-state index contributed by atoms with van der Waals surface area (Å²) in [6.07, 6.45) is 6.44. The van der Waals surface area contributed by atoms with E-state index in [2.05, 4.69) is 51.8 Å². The van der Waals surface area contributed by atoms with Gasteiger partial charge in [-0.15, -0.1) is 0 Å². The predicted octanol–water partition coefficient (Wildman–Crippen LogP) is 2.47. The minimum Gasteiger partial charge on any atom is -0.368 e. The maximum Gasteiger partial charge on any atom is 0.146 e. The van der Waals surface area contributed by atoms with E-state index in [4.69, 9.17) is 5.41 Å². The van der Waals surface area contributed by atoms with Crippen LogP contribution in [0, 0.1) is 18.3 Å². The second-order valence-corrected chi connectivity index (χ2v) is 6.71. The topological polar surface area (TPSA) is 72.6 Å². The zero-order chi connectivity index (χ0) is 17.5. The highest BCUT2D eigenvalue weighted by molar-refractivity contribution is 6.70. The second kappa shape index (κ2) is 8.72. The van der Waals surface area contributed by atoms with E-state index in [1.807, 2.05) is 12.2 Å². The molecule has 2 heterocycles. The van der Waals surface area contributed by atoms with E-state index in [1.165, 1.54) is 18.4 Å². The van der Waals surface area contributed by atoms with Gasteiger partial charge in [0.1, 0.15) is 11.5 Å². The van der Waals surface area contributed by atoms with Crippen molar-refractivity contribution in [3.63, 3.8) is 0 Å². The van der Waals surface area contributed by atoms with Crippen molar-refractivity contribution >= 4 is 23.3 Å². The first kappa shape index (κ1) is 17.5. The van der Waals surface area contributed by atoms with Crippen LogP contribution in [-0.2, 0) is 0 Å². The summed E-state index contributed by atoms with van der Waals surface area (Å²) >= 11 is 0. The minimum absolute atomic E-state index is 0.387. The van der Waals surface area contributed by atoms with Gasteiger partial charge in [0.05, 0.1) is 18.8 Å². The molecule has 0 aliphatic carbocycles. The molecular formula is C20H27N5. The zero-order valence-electron chi connectivity index (χ0n) is 14.9. The summed E-state index contributed by atoms with van der Waals surface area (Å²) in [5.41, 5.74) is 3.85. The molecule has 0 amide bonds. The van der Waals surface area contributed by atoms with Gasteiger partial charge in [-0.05, 0) is 50.4 Å². The lowest BCUT2D eigenvalue weighted by Crippen LogP contribution is -2.42. The smallest absolute Gasteiger partial charge is 0.146 e. The molecule has 0 aromatic heterocycles. The van der Waals surface area contributed by atoms with Gasteiger partial charge in [0.15, 0.2) is 0 Å². The average Bonchev–Trinajstić information content (AvgIpc) is 2.67. The number of aryl methyl sites for hydroxylation is 1. The predicted molar refractivity (Wildman–Crippen MR) is 106 cm³/mol. The lowest BCUT2D eigenvalue weighted by Gasteiger charge is -2.24. The first-order valence-corrected chi connectivity index (χ1v) is 9.10. The number of benzene rings is 1. The van der Waals surface area contributed by atoms with Crippen molar-refractivity contribution in [2.24, 2.45) is 15.9 Å². The average molecular weight is 337 g/mol. The molecule has 132 valence electrons. The van der Waals surface area contributed by atoms with Crippen LogP contribution in [-0.4, -0.2) is 50.0 Å². The molecule has 3 rings (SSSR count). The lowest BCUT2D eigenvalue weighted by atomic mass is 9.99. The highest BCUT2D eigenvalue weighted by Gasteiger charge is 2.18. The highest BCUT2D eigenvalue weighted by atomic mass is 15.0. The van der Waals surface area contributed by atoms with Gasteiger partial charge in [0.25, 0.3) is 0 Å². The fraction of sp³-hybridized carbons (Fsp3) is 0.450. The van der Waals surface area contributed by atoms with Gasteiger partial charge in [-0.25, -0.2) is 0 Å². The minimum atomic E-state index is 0.387. The van der Waals surface area contributed by atoms with Gasteiger partial charge in [0.2, 0.25) is 0 Å². The fourth-order valence-corrected chi connectivity index (χ4v) is 3.11. The van der Waals surface area contributed by atoms with Gasteiger partial charge in [-0.1, -0.05) is 35.9 Å². The van der Waals surface area contributed by atoms with Crippen LogP contribution in [0.25, 0.3) is 6.08 Å². The van der Waals surface area contributed by atoms with Crippen LogP contribution >= 0.6 is 0 Å². The summed E-state index contributed by atoms with van der Waals surface area (Å²) in [5, 5.41) is 15.0. The number of hydrogen-bond acceptors (Lipinski definition) is 4. The molecule has 1 atom stereocenters. The van der Waals surface area contributed by atoms with Crippen molar-refractivity contribution in [1.29, 1.82) is 5.41 Å². The molecule has 2 aliphatic rings. The van der Waals surface area contributed by atoms with Gasteiger partial charge in [-0.3, -0.25) is 15.4 Å². The molecule has 0 saturated carbocycles. The molecule has 0 radical (unpaired) electrons. The Morgan fingerprint density at radius 3 is 2.80 bits per heavy atom. The summed E-state index contributed by atoms with van der Waals surface area (Å²) in [5.74, 6) is 0.972. The number of nitrogens with one attached hydrogen (secondary N) is 3. The SMILES string of the molecule is Cc1ccc(/C=C/C2=NCCN=C2C(=N)NCC2CCCNC2)cc1. The molecule has 2 aliphatic heterocycles. The molecule has 5 nitrogen and oxygen atoms in total. The van der Waals surface area contributed by atoms with Crippen LogP contribution in [0.5, 0.6) is 0 Å². The Morgan fingerprint density at radius 2 is 2.04 bits per heavy atom. The van der Waals surface area contributed by atoms with E-state index in [-0.39, 0.29) is 0 Å². The molecule has 0 bridgehead atoms. The van der Waals surface area contributed by atoms with E-state index in [9.17, 15) is 0 Å². The number of rotatable bonds is 5. The van der Waals surface area contributed by atoms with E-state index in [1.54, 1.807) is 0 Å². The maximum absolute atomic E-state index is 8.37. The maximum atomic E-state index is 8.37. The van der Waals surface area contributed by atoms with Crippen molar-refractivity contribution < 1.29 is 0 Å². The van der Waals surface area contributed by atoms with Gasteiger partial charge < -0.3 is 10.6 Å². The molecule has 1 fully saturated rings. The Balaban J connectivity index is 1.60. The van der Waals surface area contributed by atoms with Gasteiger partial charge in [-0.2, -0.15) is 0 Å². The summed E-state index contributed by atoms with van der Waals surface area (Å²) in [6, 6.07) is 8.37. The Kier molecular flexibility index (Phi) is 6.12. The number of amidine groups is 1. The van der Waals surface area contributed by atoms with Gasteiger partial charge in [0, 0.05) is 6.54 Å². The van der Waals surface area contributed by atoms with Crippen molar-refractivity contribution in [2.45, 2.75) is 19.8 Å². The molecule has 1 unspecified atom stereocenters. The Hall–Kier alpha value is -2.27. The normalized spacial score (nSPS) is 20.9. The van der Waals surface area contributed by atoms with E-state index < -0.39 is 0 Å². The van der Waals surface area contributed by atoms with Crippen molar-refractivity contribution in [3.8, 4) is 0 Å². The van der Waals surface area contributed by atoms with Crippen LogP contribution in [0.2, 0.25) is 0 Å². The lowest BCUT2D eigenvalue weighted by molar-refractivity contribution is 0.376. The zero-order valence-corrected chi connectivity index (χ0v) is 14.9. The number of aliphatic imine (C=N–C) groups is 2. The molecule has 0 spiro atoms. The fourth-order valence-electron chi connectivity index (χ4n) is 3.11. The Labute approximate surface area is 149 Å². The number of piperidine rings is 1. The van der Waals surface area contributed by atoms with Crippen LogP contribution in [0.1, 0.15) is 24.0 Å². The first-order chi connectivity index (χ1) is 12.2. The quantitative estimate of drug-likeness (QED) is 0.570. The molecule has 1 saturated heterocycles. The van der Waals surface area contributed by atoms with E-state index in [0.29, 0.717) is 30.6 Å². The Bertz CT molecular complexity index is 679. The third kappa shape index (κ3) is 5.10. The highest BCUT2D eigenvalue weighted by Crippen LogP contribution is 2.09. The molecule has 5 heteroatoms. The van der Waals surface area contributed by atoms with Crippen LogP contribution in [0.15, 0.2) is 40.3 Å². The molecule has 25 heavy (non-hydrogen) atoms. The molecule has 1 aromatic carbocycles. The molecule has 1 aromatic rings. The third-order valence-corrected chi connectivity index (χ3v) is 4.61. The van der Waals surface area contributed by atoms with Crippen LogP contribution in [0.4, 0.5) is 0 Å². The summed E-state index contributed by atoms with van der Waals surface area (Å²) in [6.45, 7) is 6.39. The number of hydrogen-bond donors (Lipinski definition) is 3. The third-order valence-electron chi connectivity index (χ3n) is 4.61. The van der Waals surface area contributed by atoms with Crippen molar-refractivity contribution in [2.75, 3.05) is 32.7 Å². The largest absolute Gasteiger partial charge is 0.368 e. The molecule has 3 N–H and O–H groups in total. The monoisotopic (exact) mass is 337 g/mol. The first-order valence-electron chi connectivity index (χ1n) is 9.10. The van der Waals surface area contributed by atoms with Crippen LogP contribution in [0.3, 0.4) is 0 Å². The summed E-state index contributed by atoms with van der Waals surface area (Å²) in [4.78, 5) is 9.10. The van der Waals surface area contributed by atoms with Crippen molar-refractivity contribution in [3.05, 3.63) is 41.5 Å². The number of allylic oxidation sites excluding steroid dienone is 1. The molecular weight excluding hydrogens is 310 g/mol. The second-order valence-electron chi connectivity index (χ2n) is 6.71. The Morgan fingerprint density at radius 1 is 1.24 bits per heavy atom. The van der Waals surface area contributed by atoms with Crippen LogP contribution < -0.4 is 10.6 Å². The van der Waals surface area contributed by atoms with E-state index in [0.717, 1.165) is 30.9 Å².